The standard InChI is InChI=1S/C19H32N6O/c1-4-6-9-25-19(22-18(24-25)15-12-21-23-13(15)3)14-7-8-16(20)17(11-14)26-10-5-2/h12,14,16-17H,4-11,20H2,1-3H3,(H,21,23)/t14-,16+,17+/m0/s1. The Bertz CT molecular complexity index is 694. The molecule has 0 unspecified atom stereocenters. The van der Waals surface area contributed by atoms with Crippen molar-refractivity contribution >= 4 is 0 Å². The van der Waals surface area contributed by atoms with Crippen LogP contribution in [0.1, 0.15) is 69.8 Å². The average Bonchev–Trinajstić information content (AvgIpc) is 3.25. The molecule has 1 aliphatic rings. The molecule has 7 nitrogen and oxygen atoms in total. The lowest BCUT2D eigenvalue weighted by molar-refractivity contribution is 0.00861. The number of rotatable bonds is 8. The summed E-state index contributed by atoms with van der Waals surface area (Å²) in [6.07, 6.45) is 8.12. The molecular weight excluding hydrogens is 328 g/mol. The number of ether oxygens (including phenoxy) is 1. The number of nitrogens with one attached hydrogen (secondary N) is 1. The Balaban J connectivity index is 1.85. The van der Waals surface area contributed by atoms with Gasteiger partial charge in [0.15, 0.2) is 5.82 Å². The third kappa shape index (κ3) is 4.15. The van der Waals surface area contributed by atoms with E-state index in [4.69, 9.17) is 20.6 Å². The van der Waals surface area contributed by atoms with Crippen LogP contribution in [0.3, 0.4) is 0 Å². The summed E-state index contributed by atoms with van der Waals surface area (Å²) >= 11 is 0. The summed E-state index contributed by atoms with van der Waals surface area (Å²) < 4.78 is 8.12. The van der Waals surface area contributed by atoms with Gasteiger partial charge in [0, 0.05) is 30.8 Å². The predicted molar refractivity (Wildman–Crippen MR) is 102 cm³/mol. The van der Waals surface area contributed by atoms with Crippen LogP contribution < -0.4 is 5.73 Å². The fraction of sp³-hybridized carbons (Fsp3) is 0.737. The molecule has 3 atom stereocenters. The predicted octanol–water partition coefficient (Wildman–Crippen LogP) is 3.17. The molecule has 0 saturated heterocycles. The molecule has 0 aromatic carbocycles. The van der Waals surface area contributed by atoms with E-state index < -0.39 is 0 Å². The van der Waals surface area contributed by atoms with Crippen LogP contribution in [0.2, 0.25) is 0 Å². The second kappa shape index (κ2) is 8.77. The minimum atomic E-state index is 0.115. The van der Waals surface area contributed by atoms with E-state index in [2.05, 4.69) is 28.7 Å². The molecule has 0 spiro atoms. The number of nitrogens with two attached hydrogens (primary N) is 1. The Morgan fingerprint density at radius 3 is 2.85 bits per heavy atom. The summed E-state index contributed by atoms with van der Waals surface area (Å²) in [4.78, 5) is 4.93. The van der Waals surface area contributed by atoms with Gasteiger partial charge in [-0.2, -0.15) is 10.2 Å². The molecule has 1 saturated carbocycles. The molecule has 0 aliphatic heterocycles. The Morgan fingerprint density at radius 1 is 1.31 bits per heavy atom. The topological polar surface area (TPSA) is 94.6 Å². The third-order valence-electron chi connectivity index (χ3n) is 5.24. The summed E-state index contributed by atoms with van der Waals surface area (Å²) in [5, 5.41) is 11.9. The summed E-state index contributed by atoms with van der Waals surface area (Å²) in [6, 6.07) is 0.125. The Kier molecular flexibility index (Phi) is 6.43. The van der Waals surface area contributed by atoms with Crippen LogP contribution in [0.4, 0.5) is 0 Å². The average molecular weight is 361 g/mol. The second-order valence-corrected chi connectivity index (χ2v) is 7.36. The van der Waals surface area contributed by atoms with E-state index >= 15 is 0 Å². The van der Waals surface area contributed by atoms with E-state index in [9.17, 15) is 0 Å². The molecule has 2 aromatic rings. The maximum atomic E-state index is 6.30. The van der Waals surface area contributed by atoms with Crippen LogP contribution in [-0.4, -0.2) is 43.7 Å². The van der Waals surface area contributed by atoms with Crippen LogP contribution in [-0.2, 0) is 11.3 Å². The molecule has 3 rings (SSSR count). The number of H-pyrrole nitrogens is 1. The van der Waals surface area contributed by atoms with E-state index in [1.54, 1.807) is 0 Å². The van der Waals surface area contributed by atoms with E-state index in [1.165, 1.54) is 0 Å². The lowest BCUT2D eigenvalue weighted by Crippen LogP contribution is -2.42. The van der Waals surface area contributed by atoms with Crippen molar-refractivity contribution in [3.05, 3.63) is 17.7 Å². The van der Waals surface area contributed by atoms with Crippen LogP contribution in [0, 0.1) is 6.92 Å². The van der Waals surface area contributed by atoms with Crippen LogP contribution in [0.5, 0.6) is 0 Å². The molecule has 3 N–H and O–H groups in total. The first kappa shape index (κ1) is 19.0. The fourth-order valence-electron chi connectivity index (χ4n) is 3.67. The van der Waals surface area contributed by atoms with Gasteiger partial charge in [-0.3, -0.25) is 5.10 Å². The number of hydrogen-bond donors (Lipinski definition) is 2. The molecule has 0 radical (unpaired) electrons. The maximum absolute atomic E-state index is 6.30. The van der Waals surface area contributed by atoms with Gasteiger partial charge in [-0.25, -0.2) is 9.67 Å². The van der Waals surface area contributed by atoms with Gasteiger partial charge < -0.3 is 10.5 Å². The van der Waals surface area contributed by atoms with Gasteiger partial charge in [-0.1, -0.05) is 20.3 Å². The van der Waals surface area contributed by atoms with Gasteiger partial charge in [0.25, 0.3) is 0 Å². The highest BCUT2D eigenvalue weighted by molar-refractivity contribution is 5.56. The molecular formula is C19H32N6O. The van der Waals surface area contributed by atoms with Gasteiger partial charge >= 0.3 is 0 Å². The summed E-state index contributed by atoms with van der Waals surface area (Å²) in [5.41, 5.74) is 8.28. The van der Waals surface area contributed by atoms with Crippen molar-refractivity contribution in [3.8, 4) is 11.4 Å². The largest absolute Gasteiger partial charge is 0.377 e. The van der Waals surface area contributed by atoms with Crippen molar-refractivity contribution in [1.29, 1.82) is 0 Å². The smallest absolute Gasteiger partial charge is 0.184 e. The van der Waals surface area contributed by atoms with Gasteiger partial charge in [0.05, 0.1) is 17.9 Å². The fourth-order valence-corrected chi connectivity index (χ4v) is 3.67. The first-order chi connectivity index (χ1) is 12.6. The molecule has 26 heavy (non-hydrogen) atoms. The number of aromatic amines is 1. The number of aryl methyl sites for hydroxylation is 2. The highest BCUT2D eigenvalue weighted by Gasteiger charge is 2.32. The van der Waals surface area contributed by atoms with E-state index in [1.807, 2.05) is 13.1 Å². The first-order valence-corrected chi connectivity index (χ1v) is 9.96. The Hall–Kier alpha value is -1.73. The molecule has 1 fully saturated rings. The van der Waals surface area contributed by atoms with E-state index in [0.717, 1.165) is 74.6 Å². The number of unbranched alkanes of at least 4 members (excludes halogenated alkanes) is 1. The van der Waals surface area contributed by atoms with Crippen molar-refractivity contribution < 1.29 is 4.74 Å². The lowest BCUT2D eigenvalue weighted by atomic mass is 9.83. The van der Waals surface area contributed by atoms with Crippen molar-refractivity contribution in [3.63, 3.8) is 0 Å². The second-order valence-electron chi connectivity index (χ2n) is 7.36. The lowest BCUT2D eigenvalue weighted by Gasteiger charge is -2.33. The monoisotopic (exact) mass is 360 g/mol. The molecule has 2 aromatic heterocycles. The summed E-state index contributed by atoms with van der Waals surface area (Å²) in [6.45, 7) is 8.01. The minimum absolute atomic E-state index is 0.115. The zero-order chi connectivity index (χ0) is 18.5. The van der Waals surface area contributed by atoms with Crippen LogP contribution in [0.15, 0.2) is 6.20 Å². The molecule has 1 aliphatic carbocycles. The third-order valence-corrected chi connectivity index (χ3v) is 5.24. The molecule has 0 amide bonds. The van der Waals surface area contributed by atoms with Crippen molar-refractivity contribution in [2.45, 2.75) is 83.9 Å². The number of hydrogen-bond acceptors (Lipinski definition) is 5. The normalized spacial score (nSPS) is 23.5. The summed E-state index contributed by atoms with van der Waals surface area (Å²) in [5.74, 6) is 2.19. The summed E-state index contributed by atoms with van der Waals surface area (Å²) in [7, 11) is 0. The molecule has 0 bridgehead atoms. The first-order valence-electron chi connectivity index (χ1n) is 9.96. The van der Waals surface area contributed by atoms with Gasteiger partial charge in [-0.15, -0.1) is 0 Å². The van der Waals surface area contributed by atoms with Gasteiger partial charge in [0.2, 0.25) is 0 Å². The highest BCUT2D eigenvalue weighted by atomic mass is 16.5. The van der Waals surface area contributed by atoms with E-state index in [0.29, 0.717) is 5.92 Å². The van der Waals surface area contributed by atoms with Crippen molar-refractivity contribution in [2.75, 3.05) is 6.61 Å². The van der Waals surface area contributed by atoms with Gasteiger partial charge in [0.1, 0.15) is 5.82 Å². The van der Waals surface area contributed by atoms with Crippen molar-refractivity contribution in [2.24, 2.45) is 5.73 Å². The zero-order valence-corrected chi connectivity index (χ0v) is 16.2. The minimum Gasteiger partial charge on any atom is -0.377 e. The number of aromatic nitrogens is 5. The van der Waals surface area contributed by atoms with Crippen molar-refractivity contribution in [1.82, 2.24) is 25.0 Å². The molecule has 7 heteroatoms. The maximum Gasteiger partial charge on any atom is 0.184 e. The highest BCUT2D eigenvalue weighted by Crippen LogP contribution is 2.34. The number of nitrogens with zero attached hydrogens (tertiary/aromatic N) is 4. The molecule has 144 valence electrons. The molecule has 2 heterocycles. The zero-order valence-electron chi connectivity index (χ0n) is 16.2. The quantitative estimate of drug-likeness (QED) is 0.754. The van der Waals surface area contributed by atoms with E-state index in [-0.39, 0.29) is 12.1 Å². The van der Waals surface area contributed by atoms with Crippen LogP contribution in [0.25, 0.3) is 11.4 Å². The van der Waals surface area contributed by atoms with Gasteiger partial charge in [-0.05, 0) is 39.0 Å². The SMILES string of the molecule is CCCCn1nc(-c2cn[nH]c2C)nc1[C@H]1CC[C@@H](N)[C@H](OCCC)C1. The Morgan fingerprint density at radius 2 is 2.15 bits per heavy atom. The van der Waals surface area contributed by atoms with Crippen LogP contribution >= 0.6 is 0 Å². The Labute approximate surface area is 155 Å².